The lowest BCUT2D eigenvalue weighted by molar-refractivity contribution is -0.139. The lowest BCUT2D eigenvalue weighted by Gasteiger charge is -2.44. The molecule has 1 aromatic rings. The van der Waals surface area contributed by atoms with Crippen LogP contribution in [-0.2, 0) is 11.0 Å². The highest BCUT2D eigenvalue weighted by Gasteiger charge is 2.37. The number of benzene rings is 1. The summed E-state index contributed by atoms with van der Waals surface area (Å²) in [6, 6.07) is 5.01. The summed E-state index contributed by atoms with van der Waals surface area (Å²) < 4.78 is 39.2. The minimum absolute atomic E-state index is 0.0207. The predicted molar refractivity (Wildman–Crippen MR) is 119 cm³/mol. The van der Waals surface area contributed by atoms with E-state index in [9.17, 15) is 23.1 Å². The minimum atomic E-state index is -4.39. The molecule has 0 saturated carbocycles. The summed E-state index contributed by atoms with van der Waals surface area (Å²) in [5.74, 6) is 5.86. The highest BCUT2D eigenvalue weighted by atomic mass is 19.4. The van der Waals surface area contributed by atoms with Crippen molar-refractivity contribution in [2.75, 3.05) is 6.54 Å². The molecule has 6 heteroatoms. The van der Waals surface area contributed by atoms with Gasteiger partial charge in [0, 0.05) is 24.9 Å². The predicted octanol–water partition coefficient (Wildman–Crippen LogP) is 6.24. The third-order valence-electron chi connectivity index (χ3n) is 6.33. The first-order valence-corrected chi connectivity index (χ1v) is 11.1. The van der Waals surface area contributed by atoms with Crippen LogP contribution in [0.1, 0.15) is 62.6 Å². The van der Waals surface area contributed by atoms with Crippen LogP contribution in [-0.4, -0.2) is 28.6 Å². The molecule has 0 radical (unpaired) electrons. The quantitative estimate of drug-likeness (QED) is 0.431. The molecule has 2 aliphatic rings. The summed E-state index contributed by atoms with van der Waals surface area (Å²) in [7, 11) is 0. The number of alkyl halides is 3. The van der Waals surface area contributed by atoms with Crippen molar-refractivity contribution >= 4 is 5.97 Å². The number of likely N-dealkylation sites (tertiary alicyclic amines) is 1. The zero-order valence-corrected chi connectivity index (χ0v) is 18.4. The van der Waals surface area contributed by atoms with E-state index >= 15 is 0 Å². The molecule has 4 atom stereocenters. The van der Waals surface area contributed by atoms with Crippen molar-refractivity contribution in [3.8, 4) is 11.8 Å². The van der Waals surface area contributed by atoms with Crippen molar-refractivity contribution in [3.63, 3.8) is 0 Å². The molecule has 0 spiro atoms. The standard InChI is InChI=1S/C26H30F3NO2/c1-18(2)8-13-23(20-6-4-3-5-7-20)30-15-14-19(17-25(31)32)16-24(30)21-9-11-22(12-10-21)26(27,28)29/h4,6,9-12,19-20,23-24H,1,3,5,7,14-17H2,2H3,(H,31,32)/t19-,20?,23-,24+/m0/s1. The fourth-order valence-corrected chi connectivity index (χ4v) is 4.78. The summed E-state index contributed by atoms with van der Waals surface area (Å²) in [5, 5.41) is 9.29. The Kier molecular flexibility index (Phi) is 7.84. The maximum atomic E-state index is 13.1. The summed E-state index contributed by atoms with van der Waals surface area (Å²) in [6.07, 6.45) is 4.48. The Balaban J connectivity index is 1.97. The van der Waals surface area contributed by atoms with Crippen molar-refractivity contribution in [2.45, 2.75) is 63.7 Å². The van der Waals surface area contributed by atoms with Gasteiger partial charge < -0.3 is 5.11 Å². The van der Waals surface area contributed by atoms with E-state index in [1.165, 1.54) is 12.1 Å². The van der Waals surface area contributed by atoms with E-state index in [2.05, 4.69) is 35.5 Å². The van der Waals surface area contributed by atoms with Gasteiger partial charge in [0.05, 0.1) is 11.6 Å². The SMILES string of the molecule is C=C(C)C#C[C@@H](C1C=CCCC1)N1CC[C@H](CC(=O)O)C[C@@H]1c1ccc(C(F)(F)F)cc1. The second-order valence-corrected chi connectivity index (χ2v) is 8.88. The summed E-state index contributed by atoms with van der Waals surface area (Å²) >= 11 is 0. The molecule has 3 rings (SSSR count). The number of carboxylic acid groups (broad SMARTS) is 1. The van der Waals surface area contributed by atoms with Gasteiger partial charge in [0.2, 0.25) is 0 Å². The number of rotatable bonds is 5. The van der Waals surface area contributed by atoms with Gasteiger partial charge in [-0.05, 0) is 68.2 Å². The van der Waals surface area contributed by atoms with Crippen LogP contribution in [0.5, 0.6) is 0 Å². The van der Waals surface area contributed by atoms with Gasteiger partial charge in [-0.25, -0.2) is 0 Å². The van der Waals surface area contributed by atoms with Crippen LogP contribution in [0.15, 0.2) is 48.6 Å². The number of carbonyl (C=O) groups is 1. The number of hydrogen-bond acceptors (Lipinski definition) is 2. The number of aliphatic carboxylic acids is 1. The number of allylic oxidation sites excluding steroid dienone is 2. The maximum absolute atomic E-state index is 13.1. The smallest absolute Gasteiger partial charge is 0.416 e. The molecule has 1 N–H and O–H groups in total. The number of nitrogens with zero attached hydrogens (tertiary/aromatic N) is 1. The van der Waals surface area contributed by atoms with E-state index < -0.39 is 17.7 Å². The van der Waals surface area contributed by atoms with Gasteiger partial charge in [-0.15, -0.1) is 0 Å². The highest BCUT2D eigenvalue weighted by Crippen LogP contribution is 2.40. The minimum Gasteiger partial charge on any atom is -0.481 e. The Morgan fingerprint density at radius 2 is 2.00 bits per heavy atom. The Morgan fingerprint density at radius 3 is 2.56 bits per heavy atom. The Hall–Kier alpha value is -2.52. The zero-order chi connectivity index (χ0) is 23.3. The topological polar surface area (TPSA) is 40.5 Å². The molecule has 0 amide bonds. The van der Waals surface area contributed by atoms with Crippen LogP contribution < -0.4 is 0 Å². The second-order valence-electron chi connectivity index (χ2n) is 8.88. The third-order valence-corrected chi connectivity index (χ3v) is 6.33. The molecule has 1 aliphatic heterocycles. The molecular formula is C26H30F3NO2. The highest BCUT2D eigenvalue weighted by molar-refractivity contribution is 5.67. The molecule has 3 nitrogen and oxygen atoms in total. The second kappa shape index (κ2) is 10.4. The third kappa shape index (κ3) is 6.26. The molecule has 1 heterocycles. The van der Waals surface area contributed by atoms with Crippen molar-refractivity contribution in [3.05, 3.63) is 59.7 Å². The molecule has 0 bridgehead atoms. The van der Waals surface area contributed by atoms with Crippen molar-refractivity contribution in [1.82, 2.24) is 4.90 Å². The normalized spacial score (nSPS) is 24.9. The molecular weight excluding hydrogens is 415 g/mol. The Labute approximate surface area is 188 Å². The lowest BCUT2D eigenvalue weighted by Crippen LogP contribution is -2.46. The molecule has 1 aromatic carbocycles. The first-order valence-electron chi connectivity index (χ1n) is 11.1. The molecule has 32 heavy (non-hydrogen) atoms. The summed E-state index contributed by atoms with van der Waals surface area (Å²) in [4.78, 5) is 13.6. The molecule has 1 aliphatic carbocycles. The average molecular weight is 446 g/mol. The van der Waals surface area contributed by atoms with Gasteiger partial charge in [-0.1, -0.05) is 42.7 Å². The van der Waals surface area contributed by atoms with Crippen LogP contribution in [0.25, 0.3) is 0 Å². The fraction of sp³-hybridized carbons (Fsp3) is 0.500. The van der Waals surface area contributed by atoms with E-state index in [-0.39, 0.29) is 30.3 Å². The molecule has 0 aromatic heterocycles. The summed E-state index contributed by atoms with van der Waals surface area (Å²) in [6.45, 7) is 6.40. The summed E-state index contributed by atoms with van der Waals surface area (Å²) in [5.41, 5.74) is 0.858. The number of halogens is 3. The molecule has 1 unspecified atom stereocenters. The van der Waals surface area contributed by atoms with E-state index in [1.807, 2.05) is 6.92 Å². The largest absolute Gasteiger partial charge is 0.481 e. The van der Waals surface area contributed by atoms with Crippen LogP contribution in [0.2, 0.25) is 0 Å². The van der Waals surface area contributed by atoms with E-state index in [0.29, 0.717) is 13.0 Å². The first kappa shape index (κ1) is 24.1. The van der Waals surface area contributed by atoms with Crippen molar-refractivity contribution < 1.29 is 23.1 Å². The number of piperidine rings is 1. The zero-order valence-electron chi connectivity index (χ0n) is 18.4. The van der Waals surface area contributed by atoms with Crippen LogP contribution in [0.4, 0.5) is 13.2 Å². The van der Waals surface area contributed by atoms with E-state index in [1.54, 1.807) is 0 Å². The fourth-order valence-electron chi connectivity index (χ4n) is 4.78. The molecule has 1 fully saturated rings. The molecule has 1 saturated heterocycles. The van der Waals surface area contributed by atoms with Gasteiger partial charge in [0.1, 0.15) is 0 Å². The van der Waals surface area contributed by atoms with E-state index in [4.69, 9.17) is 0 Å². The lowest BCUT2D eigenvalue weighted by atomic mass is 9.81. The number of hydrogen-bond donors (Lipinski definition) is 1. The molecule has 172 valence electrons. The van der Waals surface area contributed by atoms with Gasteiger partial charge in [0.25, 0.3) is 0 Å². The van der Waals surface area contributed by atoms with Crippen LogP contribution in [0, 0.1) is 23.7 Å². The van der Waals surface area contributed by atoms with Gasteiger partial charge in [-0.2, -0.15) is 13.2 Å². The average Bonchev–Trinajstić information content (AvgIpc) is 2.74. The number of carboxylic acids is 1. The monoisotopic (exact) mass is 445 g/mol. The van der Waals surface area contributed by atoms with Crippen LogP contribution in [0.3, 0.4) is 0 Å². The van der Waals surface area contributed by atoms with E-state index in [0.717, 1.165) is 49.0 Å². The van der Waals surface area contributed by atoms with Gasteiger partial charge in [0.15, 0.2) is 0 Å². The van der Waals surface area contributed by atoms with Crippen molar-refractivity contribution in [2.24, 2.45) is 11.8 Å². The van der Waals surface area contributed by atoms with Gasteiger partial charge >= 0.3 is 12.1 Å². The van der Waals surface area contributed by atoms with Crippen molar-refractivity contribution in [1.29, 1.82) is 0 Å². The van der Waals surface area contributed by atoms with Crippen LogP contribution >= 0.6 is 0 Å². The Morgan fingerprint density at radius 1 is 1.28 bits per heavy atom. The maximum Gasteiger partial charge on any atom is 0.416 e. The van der Waals surface area contributed by atoms with Gasteiger partial charge in [-0.3, -0.25) is 9.69 Å². The Bertz CT molecular complexity index is 908. The first-order chi connectivity index (χ1) is 15.1.